The third-order valence-corrected chi connectivity index (χ3v) is 3.99. The van der Waals surface area contributed by atoms with Gasteiger partial charge >= 0.3 is 0 Å². The molecular formula is C13H19ClN4O2. The highest BCUT2D eigenvalue weighted by atomic mass is 35.5. The van der Waals surface area contributed by atoms with Gasteiger partial charge in [0.15, 0.2) is 5.69 Å². The summed E-state index contributed by atoms with van der Waals surface area (Å²) in [4.78, 5) is 25.2. The van der Waals surface area contributed by atoms with Crippen LogP contribution < -0.4 is 5.32 Å². The standard InChI is InChI=1S/C13H19ClN4O2/c1-9-11(14)12(16-17(9)2)13(20)15-6-4-8-18-7-3-5-10(18)19/h3-8H2,1-2H3,(H,15,20). The van der Waals surface area contributed by atoms with Crippen molar-refractivity contribution in [2.75, 3.05) is 19.6 Å². The van der Waals surface area contributed by atoms with Gasteiger partial charge in [-0.1, -0.05) is 11.6 Å². The van der Waals surface area contributed by atoms with Crippen molar-refractivity contribution >= 4 is 23.4 Å². The Morgan fingerprint density at radius 3 is 2.80 bits per heavy atom. The Balaban J connectivity index is 1.77. The van der Waals surface area contributed by atoms with Crippen LogP contribution in [-0.4, -0.2) is 46.1 Å². The Kier molecular flexibility index (Phi) is 4.65. The molecule has 0 spiro atoms. The van der Waals surface area contributed by atoms with E-state index < -0.39 is 0 Å². The molecule has 1 fully saturated rings. The maximum absolute atomic E-state index is 11.9. The first-order valence-corrected chi connectivity index (χ1v) is 7.13. The average Bonchev–Trinajstić information content (AvgIpc) is 2.94. The number of carbonyl (C=O) groups excluding carboxylic acids is 2. The molecule has 0 unspecified atom stereocenters. The molecule has 110 valence electrons. The van der Waals surface area contributed by atoms with Gasteiger partial charge < -0.3 is 10.2 Å². The Hall–Kier alpha value is -1.56. The number of nitrogens with one attached hydrogen (secondary N) is 1. The minimum Gasteiger partial charge on any atom is -0.351 e. The molecule has 0 radical (unpaired) electrons. The third-order valence-electron chi connectivity index (χ3n) is 3.54. The lowest BCUT2D eigenvalue weighted by atomic mass is 10.3. The van der Waals surface area contributed by atoms with Gasteiger partial charge in [-0.15, -0.1) is 0 Å². The van der Waals surface area contributed by atoms with E-state index in [1.807, 2.05) is 11.8 Å². The maximum atomic E-state index is 11.9. The number of nitrogens with zero attached hydrogens (tertiary/aromatic N) is 3. The fourth-order valence-corrected chi connectivity index (χ4v) is 2.47. The summed E-state index contributed by atoms with van der Waals surface area (Å²) in [5.74, 6) is -0.0637. The summed E-state index contributed by atoms with van der Waals surface area (Å²) in [7, 11) is 1.75. The molecule has 1 aliphatic rings. The Morgan fingerprint density at radius 1 is 1.50 bits per heavy atom. The zero-order valence-corrected chi connectivity index (χ0v) is 12.5. The predicted octanol–water partition coefficient (Wildman–Crippen LogP) is 1.12. The SMILES string of the molecule is Cc1c(Cl)c(C(=O)NCCCN2CCCC2=O)nn1C. The molecular weight excluding hydrogens is 280 g/mol. The summed E-state index contributed by atoms with van der Waals surface area (Å²) in [6.07, 6.45) is 2.32. The summed E-state index contributed by atoms with van der Waals surface area (Å²) in [6.45, 7) is 3.84. The van der Waals surface area contributed by atoms with Crippen molar-refractivity contribution in [3.63, 3.8) is 0 Å². The van der Waals surface area contributed by atoms with Gasteiger partial charge in [0, 0.05) is 33.1 Å². The van der Waals surface area contributed by atoms with Crippen LogP contribution in [0.2, 0.25) is 5.02 Å². The second kappa shape index (κ2) is 6.26. The van der Waals surface area contributed by atoms with Gasteiger partial charge in [0.05, 0.1) is 10.7 Å². The zero-order chi connectivity index (χ0) is 14.7. The summed E-state index contributed by atoms with van der Waals surface area (Å²) in [5, 5.41) is 7.26. The lowest BCUT2D eigenvalue weighted by Crippen LogP contribution is -2.31. The normalized spacial score (nSPS) is 14.9. The molecule has 1 aromatic rings. The molecule has 20 heavy (non-hydrogen) atoms. The lowest BCUT2D eigenvalue weighted by Gasteiger charge is -2.15. The van der Waals surface area contributed by atoms with E-state index in [0.29, 0.717) is 24.5 Å². The monoisotopic (exact) mass is 298 g/mol. The topological polar surface area (TPSA) is 67.2 Å². The maximum Gasteiger partial charge on any atom is 0.273 e. The van der Waals surface area contributed by atoms with E-state index in [1.165, 1.54) is 0 Å². The fourth-order valence-electron chi connectivity index (χ4n) is 2.22. The van der Waals surface area contributed by atoms with E-state index in [4.69, 9.17) is 11.6 Å². The van der Waals surface area contributed by atoms with E-state index in [-0.39, 0.29) is 17.5 Å². The number of aromatic nitrogens is 2. The van der Waals surface area contributed by atoms with Crippen molar-refractivity contribution in [1.82, 2.24) is 20.0 Å². The first-order valence-electron chi connectivity index (χ1n) is 6.75. The van der Waals surface area contributed by atoms with Crippen molar-refractivity contribution in [3.05, 3.63) is 16.4 Å². The van der Waals surface area contributed by atoms with Crippen LogP contribution in [0.3, 0.4) is 0 Å². The fraction of sp³-hybridized carbons (Fsp3) is 0.615. The summed E-state index contributed by atoms with van der Waals surface area (Å²) >= 11 is 6.05. The molecule has 7 heteroatoms. The highest BCUT2D eigenvalue weighted by Gasteiger charge is 2.20. The molecule has 0 aliphatic carbocycles. The van der Waals surface area contributed by atoms with E-state index in [0.717, 1.165) is 25.1 Å². The first kappa shape index (κ1) is 14.8. The molecule has 2 rings (SSSR count). The molecule has 2 amide bonds. The molecule has 2 heterocycles. The molecule has 0 atom stereocenters. The van der Waals surface area contributed by atoms with Gasteiger partial charge in [0.1, 0.15) is 0 Å². The number of hydrogen-bond acceptors (Lipinski definition) is 3. The number of carbonyl (C=O) groups is 2. The lowest BCUT2D eigenvalue weighted by molar-refractivity contribution is -0.127. The molecule has 0 saturated carbocycles. The molecule has 0 bridgehead atoms. The Labute approximate surface area is 123 Å². The third kappa shape index (κ3) is 3.12. The summed E-state index contributed by atoms with van der Waals surface area (Å²) in [6, 6.07) is 0. The minimum atomic E-state index is -0.272. The average molecular weight is 299 g/mol. The quantitative estimate of drug-likeness (QED) is 0.829. The Bertz CT molecular complexity index is 527. The van der Waals surface area contributed by atoms with E-state index in [2.05, 4.69) is 10.4 Å². The number of likely N-dealkylation sites (tertiary alicyclic amines) is 1. The first-order chi connectivity index (χ1) is 9.50. The van der Waals surface area contributed by atoms with Crippen LogP contribution in [0.5, 0.6) is 0 Å². The summed E-state index contributed by atoms with van der Waals surface area (Å²) in [5.41, 5.74) is 1.02. The van der Waals surface area contributed by atoms with Gasteiger partial charge in [0.25, 0.3) is 5.91 Å². The van der Waals surface area contributed by atoms with Crippen LogP contribution >= 0.6 is 11.6 Å². The second-order valence-corrected chi connectivity index (χ2v) is 5.34. The van der Waals surface area contributed by atoms with E-state index in [9.17, 15) is 9.59 Å². The highest BCUT2D eigenvalue weighted by molar-refractivity contribution is 6.34. The molecule has 6 nitrogen and oxygen atoms in total. The minimum absolute atomic E-state index is 0.208. The smallest absolute Gasteiger partial charge is 0.273 e. The van der Waals surface area contributed by atoms with Crippen LogP contribution in [-0.2, 0) is 11.8 Å². The number of halogens is 1. The number of hydrogen-bond donors (Lipinski definition) is 1. The van der Waals surface area contributed by atoms with E-state index in [1.54, 1.807) is 11.7 Å². The van der Waals surface area contributed by atoms with Crippen molar-refractivity contribution < 1.29 is 9.59 Å². The van der Waals surface area contributed by atoms with Gasteiger partial charge in [0.2, 0.25) is 5.91 Å². The zero-order valence-electron chi connectivity index (χ0n) is 11.8. The molecule has 1 saturated heterocycles. The van der Waals surface area contributed by atoms with Crippen LogP contribution in [0.25, 0.3) is 0 Å². The molecule has 0 aromatic carbocycles. The molecule has 1 aromatic heterocycles. The predicted molar refractivity (Wildman–Crippen MR) is 75.7 cm³/mol. The van der Waals surface area contributed by atoms with Crippen LogP contribution in [0.1, 0.15) is 35.4 Å². The largest absolute Gasteiger partial charge is 0.351 e. The highest BCUT2D eigenvalue weighted by Crippen LogP contribution is 2.18. The number of aryl methyl sites for hydroxylation is 1. The molecule has 1 N–H and O–H groups in total. The van der Waals surface area contributed by atoms with Gasteiger partial charge in [-0.25, -0.2) is 0 Å². The number of amides is 2. The van der Waals surface area contributed by atoms with Crippen molar-refractivity contribution in [2.45, 2.75) is 26.2 Å². The summed E-state index contributed by atoms with van der Waals surface area (Å²) < 4.78 is 1.58. The van der Waals surface area contributed by atoms with Crippen LogP contribution in [0, 0.1) is 6.92 Å². The van der Waals surface area contributed by atoms with Gasteiger partial charge in [-0.05, 0) is 19.8 Å². The number of rotatable bonds is 5. The van der Waals surface area contributed by atoms with Crippen molar-refractivity contribution in [3.8, 4) is 0 Å². The Morgan fingerprint density at radius 2 is 2.25 bits per heavy atom. The second-order valence-electron chi connectivity index (χ2n) is 4.97. The van der Waals surface area contributed by atoms with Crippen molar-refractivity contribution in [2.24, 2.45) is 7.05 Å². The van der Waals surface area contributed by atoms with Crippen LogP contribution in [0.15, 0.2) is 0 Å². The molecule has 1 aliphatic heterocycles. The van der Waals surface area contributed by atoms with Gasteiger partial charge in [-0.2, -0.15) is 5.10 Å². The van der Waals surface area contributed by atoms with Crippen LogP contribution in [0.4, 0.5) is 0 Å². The van der Waals surface area contributed by atoms with Gasteiger partial charge in [-0.3, -0.25) is 14.3 Å². The van der Waals surface area contributed by atoms with Crippen molar-refractivity contribution in [1.29, 1.82) is 0 Å². The van der Waals surface area contributed by atoms with E-state index >= 15 is 0 Å².